The molecule has 4 aromatic rings. The van der Waals surface area contributed by atoms with E-state index in [1.807, 2.05) is 23.5 Å². The number of halogens is 2. The molecule has 13 heteroatoms. The second kappa shape index (κ2) is 12.6. The maximum atomic E-state index is 13.3. The number of amides is 2. The number of hydrogen-bond donors (Lipinski definition) is 2. The predicted molar refractivity (Wildman–Crippen MR) is 154 cm³/mol. The van der Waals surface area contributed by atoms with Crippen molar-refractivity contribution in [2.75, 3.05) is 38.0 Å². The number of hydrogen-bond acceptors (Lipinski definition) is 7. The molecule has 1 aliphatic rings. The number of alkyl halides is 2. The van der Waals surface area contributed by atoms with Crippen LogP contribution in [-0.4, -0.2) is 81.7 Å². The number of aryl methyl sites for hydroxylation is 1. The third-order valence-electron chi connectivity index (χ3n) is 7.00. The number of nitrogens with two attached hydrogens (primary N) is 1. The van der Waals surface area contributed by atoms with Crippen LogP contribution in [0.15, 0.2) is 66.0 Å². The molecule has 5 rings (SSSR count). The van der Waals surface area contributed by atoms with Crippen molar-refractivity contribution >= 4 is 35.3 Å². The molecule has 0 atom stereocenters. The molecule has 3 N–H and O–H groups in total. The zero-order valence-electron chi connectivity index (χ0n) is 22.9. The average molecular weight is 577 g/mol. The van der Waals surface area contributed by atoms with E-state index >= 15 is 0 Å². The van der Waals surface area contributed by atoms with Crippen molar-refractivity contribution < 1.29 is 23.1 Å². The van der Waals surface area contributed by atoms with Crippen LogP contribution in [0.1, 0.15) is 22.3 Å². The van der Waals surface area contributed by atoms with Crippen molar-refractivity contribution in [2.45, 2.75) is 20.0 Å². The molecule has 0 unspecified atom stereocenters. The minimum Gasteiger partial charge on any atom is -0.435 e. The number of piperazine rings is 1. The van der Waals surface area contributed by atoms with Crippen LogP contribution < -0.4 is 15.8 Å². The number of fused-ring (bicyclic) bond motifs is 1. The monoisotopic (exact) mass is 576 g/mol. The zero-order valence-corrected chi connectivity index (χ0v) is 22.9. The van der Waals surface area contributed by atoms with E-state index in [0.717, 1.165) is 22.5 Å². The first-order valence-corrected chi connectivity index (χ1v) is 13.4. The number of aromatic nitrogens is 3. The minimum absolute atomic E-state index is 0.00454. The van der Waals surface area contributed by atoms with E-state index in [-0.39, 0.29) is 17.6 Å². The van der Waals surface area contributed by atoms with Gasteiger partial charge in [-0.2, -0.15) is 8.78 Å². The van der Waals surface area contributed by atoms with Crippen LogP contribution in [-0.2, 0) is 4.79 Å². The Morgan fingerprint density at radius 2 is 1.83 bits per heavy atom. The van der Waals surface area contributed by atoms with Gasteiger partial charge in [0, 0.05) is 68.4 Å². The van der Waals surface area contributed by atoms with Crippen molar-refractivity contribution in [3.8, 4) is 17.0 Å². The molecule has 3 heterocycles. The number of carbonyl (C=O) groups is 2. The van der Waals surface area contributed by atoms with E-state index in [4.69, 9.17) is 5.73 Å². The molecule has 1 aliphatic heterocycles. The van der Waals surface area contributed by atoms with Gasteiger partial charge >= 0.3 is 6.61 Å². The van der Waals surface area contributed by atoms with Crippen molar-refractivity contribution in [3.63, 3.8) is 0 Å². The molecule has 0 bridgehead atoms. The molecule has 2 amide bonds. The first-order chi connectivity index (χ1) is 20.3. The molecule has 218 valence electrons. The third kappa shape index (κ3) is 6.29. The lowest BCUT2D eigenvalue weighted by Gasteiger charge is -2.35. The normalized spacial score (nSPS) is 13.7. The van der Waals surface area contributed by atoms with Gasteiger partial charge in [0.25, 0.3) is 5.91 Å². The summed E-state index contributed by atoms with van der Waals surface area (Å²) in [6.45, 7) is 1.22. The predicted octanol–water partition coefficient (Wildman–Crippen LogP) is 3.71. The summed E-state index contributed by atoms with van der Waals surface area (Å²) in [6.07, 6.45) is 6.57. The highest BCUT2D eigenvalue weighted by atomic mass is 19.3. The molecule has 1 fully saturated rings. The van der Waals surface area contributed by atoms with E-state index in [1.54, 1.807) is 46.6 Å². The second-order valence-electron chi connectivity index (χ2n) is 9.65. The number of nitrogens with zero attached hydrogens (tertiary/aromatic N) is 6. The molecule has 0 aliphatic carbocycles. The largest absolute Gasteiger partial charge is 0.435 e. The number of benzene rings is 2. The average Bonchev–Trinajstić information content (AvgIpc) is 3.42. The number of imidazole rings is 1. The molecular weight excluding hydrogens is 546 g/mol. The fourth-order valence-corrected chi connectivity index (χ4v) is 4.87. The third-order valence-corrected chi connectivity index (χ3v) is 7.00. The van der Waals surface area contributed by atoms with Crippen LogP contribution in [0.2, 0.25) is 0 Å². The summed E-state index contributed by atoms with van der Waals surface area (Å²) >= 11 is 0. The Labute approximate surface area is 240 Å². The Morgan fingerprint density at radius 3 is 2.52 bits per heavy atom. The molecule has 0 saturated carbocycles. The van der Waals surface area contributed by atoms with E-state index in [0.29, 0.717) is 56.2 Å². The van der Waals surface area contributed by atoms with Crippen LogP contribution in [0.5, 0.6) is 5.75 Å². The van der Waals surface area contributed by atoms with Gasteiger partial charge in [0.05, 0.1) is 18.2 Å². The molecule has 42 heavy (non-hydrogen) atoms. The number of nitrogens with one attached hydrogen (secondary N) is 1. The zero-order chi connectivity index (χ0) is 29.6. The Hall–Kier alpha value is -5.07. The van der Waals surface area contributed by atoms with Gasteiger partial charge in [-0.05, 0) is 55.0 Å². The summed E-state index contributed by atoms with van der Waals surface area (Å²) in [5, 5.41) is 3.28. The van der Waals surface area contributed by atoms with Gasteiger partial charge in [-0.3, -0.25) is 19.0 Å². The molecule has 0 spiro atoms. The summed E-state index contributed by atoms with van der Waals surface area (Å²) in [7, 11) is 0. The second-order valence-corrected chi connectivity index (χ2v) is 9.65. The van der Waals surface area contributed by atoms with Crippen LogP contribution >= 0.6 is 0 Å². The number of carbonyl (C=O) groups excluding carboxylic acids is 2. The van der Waals surface area contributed by atoms with Crippen molar-refractivity contribution in [3.05, 3.63) is 72.2 Å². The van der Waals surface area contributed by atoms with Crippen molar-refractivity contribution in [1.29, 1.82) is 0 Å². The van der Waals surface area contributed by atoms with E-state index < -0.39 is 6.61 Å². The van der Waals surface area contributed by atoms with Gasteiger partial charge < -0.3 is 25.6 Å². The lowest BCUT2D eigenvalue weighted by atomic mass is 10.1. The molecule has 11 nitrogen and oxygen atoms in total. The maximum Gasteiger partial charge on any atom is 0.387 e. The van der Waals surface area contributed by atoms with Gasteiger partial charge in [-0.1, -0.05) is 0 Å². The smallest absolute Gasteiger partial charge is 0.387 e. The summed E-state index contributed by atoms with van der Waals surface area (Å²) in [6, 6.07) is 11.8. The van der Waals surface area contributed by atoms with Gasteiger partial charge in [-0.25, -0.2) is 9.97 Å². The highest BCUT2D eigenvalue weighted by Gasteiger charge is 2.25. The molecular formula is C29H30F2N8O3. The summed E-state index contributed by atoms with van der Waals surface area (Å²) in [5.41, 5.74) is 9.44. The molecule has 1 saturated heterocycles. The lowest BCUT2D eigenvalue weighted by Crippen LogP contribution is -2.50. The Kier molecular flexibility index (Phi) is 8.55. The van der Waals surface area contributed by atoms with E-state index in [1.165, 1.54) is 18.5 Å². The molecule has 0 radical (unpaired) electrons. The van der Waals surface area contributed by atoms with Gasteiger partial charge in [0.15, 0.2) is 11.5 Å². The van der Waals surface area contributed by atoms with Gasteiger partial charge in [-0.15, -0.1) is 0 Å². The fourth-order valence-electron chi connectivity index (χ4n) is 4.87. The topological polar surface area (TPSA) is 130 Å². The van der Waals surface area contributed by atoms with Crippen molar-refractivity contribution in [1.82, 2.24) is 24.2 Å². The summed E-state index contributed by atoms with van der Waals surface area (Å²) in [4.78, 5) is 41.9. The number of rotatable bonds is 9. The van der Waals surface area contributed by atoms with Crippen LogP contribution in [0.25, 0.3) is 16.9 Å². The first-order valence-electron chi connectivity index (χ1n) is 13.4. The maximum absolute atomic E-state index is 13.3. The first kappa shape index (κ1) is 28.5. The minimum atomic E-state index is -2.89. The van der Waals surface area contributed by atoms with Crippen LogP contribution in [0.4, 0.5) is 20.3 Å². The Balaban J connectivity index is 1.25. The Morgan fingerprint density at radius 1 is 1.10 bits per heavy atom. The molecule has 2 aromatic heterocycles. The number of aliphatic imine (C=N–C) groups is 1. The van der Waals surface area contributed by atoms with Crippen LogP contribution in [0.3, 0.4) is 0 Å². The fraction of sp³-hybridized carbons (Fsp3) is 0.276. The van der Waals surface area contributed by atoms with E-state index in [2.05, 4.69) is 25.0 Å². The van der Waals surface area contributed by atoms with Crippen LogP contribution in [0, 0.1) is 6.92 Å². The van der Waals surface area contributed by atoms with Crippen molar-refractivity contribution in [2.24, 2.45) is 10.7 Å². The highest BCUT2D eigenvalue weighted by molar-refractivity contribution is 5.96. The van der Waals surface area contributed by atoms with Gasteiger partial charge in [0.1, 0.15) is 5.75 Å². The quantitative estimate of drug-likeness (QED) is 0.229. The van der Waals surface area contributed by atoms with Gasteiger partial charge in [0.2, 0.25) is 5.91 Å². The highest BCUT2D eigenvalue weighted by Crippen LogP contribution is 2.28. The standard InChI is InChI=1S/C29H30F2N8O3/c1-19-16-21(4-7-23(19)28(41)38-14-12-37(13-15-38)25(40)8-9-33-18-32)36-26-27-35-17-24(39(27)11-10-34-26)20-2-5-22(6-3-20)42-29(30)31/h2-7,10-11,16-18,29H,8-9,12-15H2,1H3,(H2,32,33)(H,34,36). The SMILES string of the molecule is Cc1cc(Nc2nccn3c(-c4ccc(OC(F)F)cc4)cnc23)ccc1C(=O)N1CCN(C(=O)CCN=CN)CC1. The summed E-state index contributed by atoms with van der Waals surface area (Å²) < 4.78 is 31.3. The van der Waals surface area contributed by atoms with E-state index in [9.17, 15) is 18.4 Å². The number of ether oxygens (including phenoxy) is 1. The molecule has 2 aromatic carbocycles. The summed E-state index contributed by atoms with van der Waals surface area (Å²) in [5.74, 6) is 0.510. The number of anilines is 2. The lowest BCUT2D eigenvalue weighted by molar-refractivity contribution is -0.132. The Bertz CT molecular complexity index is 1600.